The Labute approximate surface area is 158 Å². The van der Waals surface area contributed by atoms with Gasteiger partial charge in [-0.3, -0.25) is 10.1 Å². The van der Waals surface area contributed by atoms with Gasteiger partial charge in [0.25, 0.3) is 5.69 Å². The number of hydrogen-bond acceptors (Lipinski definition) is 7. The van der Waals surface area contributed by atoms with E-state index in [0.717, 1.165) is 18.1 Å². The van der Waals surface area contributed by atoms with Gasteiger partial charge in [0.05, 0.1) is 27.3 Å². The summed E-state index contributed by atoms with van der Waals surface area (Å²) < 4.78 is 0.307. The molecule has 0 saturated heterocycles. The number of aryl methyl sites for hydroxylation is 1. The van der Waals surface area contributed by atoms with Crippen molar-refractivity contribution >= 4 is 38.7 Å². The van der Waals surface area contributed by atoms with E-state index in [4.69, 9.17) is 5.11 Å². The van der Waals surface area contributed by atoms with Crippen molar-refractivity contribution in [3.05, 3.63) is 56.0 Å². The first-order valence-corrected chi connectivity index (χ1v) is 8.56. The number of azo groups is 1. The maximum absolute atomic E-state index is 10.9. The van der Waals surface area contributed by atoms with E-state index in [1.165, 1.54) is 6.07 Å². The molecule has 0 aromatic heterocycles. The summed E-state index contributed by atoms with van der Waals surface area (Å²) >= 11 is 3.21. The third-order valence-electron chi connectivity index (χ3n) is 3.53. The monoisotopic (exact) mass is 417 g/mol. The van der Waals surface area contributed by atoms with Crippen LogP contribution in [-0.2, 0) is 6.42 Å². The molecule has 0 aliphatic rings. The predicted octanol–water partition coefficient (Wildman–Crippen LogP) is 4.61. The fraction of sp³-hybridized carbons (Fsp3) is 0.235. The molecule has 134 valence electrons. The van der Waals surface area contributed by atoms with Crippen LogP contribution in [0.5, 0.6) is 0 Å². The Hall–Kier alpha value is -2.83. The highest BCUT2D eigenvalue weighted by Gasteiger charge is 2.15. The summed E-state index contributed by atoms with van der Waals surface area (Å²) in [5, 5.41) is 40.5. The van der Waals surface area contributed by atoms with Gasteiger partial charge in [-0.1, -0.05) is 13.0 Å². The van der Waals surface area contributed by atoms with Crippen LogP contribution in [0, 0.1) is 21.4 Å². The Morgan fingerprint density at radius 2 is 2.12 bits per heavy atom. The Morgan fingerprint density at radius 1 is 1.35 bits per heavy atom. The first kappa shape index (κ1) is 19.5. The molecular weight excluding hydrogens is 402 g/mol. The normalized spacial score (nSPS) is 10.7. The number of hydrogen-bond donors (Lipinski definition) is 2. The summed E-state index contributed by atoms with van der Waals surface area (Å²) in [6.45, 7) is 2.36. The number of nitrogens with one attached hydrogen (secondary N) is 1. The van der Waals surface area contributed by atoms with Crippen LogP contribution >= 0.6 is 15.9 Å². The zero-order valence-corrected chi connectivity index (χ0v) is 15.5. The number of benzene rings is 2. The minimum Gasteiger partial charge on any atom is -0.395 e. The fourth-order valence-electron chi connectivity index (χ4n) is 2.20. The largest absolute Gasteiger partial charge is 0.395 e. The topological polar surface area (TPSA) is 124 Å². The molecule has 2 rings (SSSR count). The lowest BCUT2D eigenvalue weighted by Gasteiger charge is -2.09. The van der Waals surface area contributed by atoms with Crippen molar-refractivity contribution in [2.75, 3.05) is 18.5 Å². The SMILES string of the molecule is CCc1ccc(N=Nc2c(Br)cc([N+](=O)[O-])cc2C#N)c(NCCO)c1. The van der Waals surface area contributed by atoms with Crippen LogP contribution in [-0.4, -0.2) is 23.2 Å². The minimum atomic E-state index is -0.576. The van der Waals surface area contributed by atoms with Crippen LogP contribution in [0.4, 0.5) is 22.7 Å². The number of anilines is 1. The molecule has 0 spiro atoms. The number of rotatable bonds is 7. The molecule has 2 aromatic carbocycles. The summed E-state index contributed by atoms with van der Waals surface area (Å²) in [5.41, 5.74) is 2.39. The summed E-state index contributed by atoms with van der Waals surface area (Å²) in [7, 11) is 0. The van der Waals surface area contributed by atoms with Gasteiger partial charge in [0.1, 0.15) is 17.4 Å². The second kappa shape index (κ2) is 9.03. The Balaban J connectivity index is 2.44. The van der Waals surface area contributed by atoms with E-state index >= 15 is 0 Å². The van der Waals surface area contributed by atoms with Crippen molar-refractivity contribution in [1.29, 1.82) is 5.26 Å². The lowest BCUT2D eigenvalue weighted by molar-refractivity contribution is -0.384. The van der Waals surface area contributed by atoms with Crippen molar-refractivity contribution in [3.63, 3.8) is 0 Å². The number of aliphatic hydroxyl groups excluding tert-OH is 1. The molecule has 0 saturated carbocycles. The van der Waals surface area contributed by atoms with Crippen LogP contribution in [0.3, 0.4) is 0 Å². The quantitative estimate of drug-likeness (QED) is 0.386. The van der Waals surface area contributed by atoms with Gasteiger partial charge < -0.3 is 10.4 Å². The van der Waals surface area contributed by atoms with Gasteiger partial charge in [-0.25, -0.2) is 0 Å². The molecular formula is C17H16BrN5O3. The molecule has 0 heterocycles. The molecule has 0 bridgehead atoms. The van der Waals surface area contributed by atoms with Crippen molar-refractivity contribution < 1.29 is 10.0 Å². The van der Waals surface area contributed by atoms with E-state index in [-0.39, 0.29) is 23.5 Å². The lowest BCUT2D eigenvalue weighted by atomic mass is 10.1. The van der Waals surface area contributed by atoms with E-state index in [2.05, 4.69) is 31.5 Å². The van der Waals surface area contributed by atoms with Crippen LogP contribution in [0.15, 0.2) is 45.0 Å². The van der Waals surface area contributed by atoms with E-state index in [1.54, 1.807) is 6.07 Å². The van der Waals surface area contributed by atoms with Gasteiger partial charge in [0, 0.05) is 18.7 Å². The maximum Gasteiger partial charge on any atom is 0.272 e. The number of non-ortho nitro benzene ring substituents is 1. The second-order valence-corrected chi connectivity index (χ2v) is 6.10. The van der Waals surface area contributed by atoms with Crippen molar-refractivity contribution in [1.82, 2.24) is 0 Å². The van der Waals surface area contributed by atoms with Crippen molar-refractivity contribution in [2.45, 2.75) is 13.3 Å². The van der Waals surface area contributed by atoms with Gasteiger partial charge >= 0.3 is 0 Å². The molecule has 2 N–H and O–H groups in total. The molecule has 0 radical (unpaired) electrons. The third-order valence-corrected chi connectivity index (χ3v) is 4.14. The zero-order chi connectivity index (χ0) is 19.1. The smallest absolute Gasteiger partial charge is 0.272 e. The number of nitriles is 1. The van der Waals surface area contributed by atoms with Gasteiger partial charge in [-0.05, 0) is 40.0 Å². The number of halogens is 1. The zero-order valence-electron chi connectivity index (χ0n) is 13.9. The second-order valence-electron chi connectivity index (χ2n) is 5.25. The first-order chi connectivity index (χ1) is 12.5. The lowest BCUT2D eigenvalue weighted by Crippen LogP contribution is -2.05. The molecule has 0 unspecified atom stereocenters. The Morgan fingerprint density at radius 3 is 2.73 bits per heavy atom. The molecule has 2 aromatic rings. The average molecular weight is 418 g/mol. The highest BCUT2D eigenvalue weighted by atomic mass is 79.9. The number of nitro groups is 1. The van der Waals surface area contributed by atoms with E-state index < -0.39 is 4.92 Å². The van der Waals surface area contributed by atoms with Gasteiger partial charge in [0.15, 0.2) is 0 Å². The van der Waals surface area contributed by atoms with Crippen LogP contribution in [0.1, 0.15) is 18.1 Å². The van der Waals surface area contributed by atoms with Crippen LogP contribution < -0.4 is 5.32 Å². The fourth-order valence-corrected chi connectivity index (χ4v) is 2.73. The summed E-state index contributed by atoms with van der Waals surface area (Å²) in [4.78, 5) is 10.3. The van der Waals surface area contributed by atoms with Crippen molar-refractivity contribution in [2.24, 2.45) is 10.2 Å². The van der Waals surface area contributed by atoms with E-state index in [1.807, 2.05) is 25.1 Å². The van der Waals surface area contributed by atoms with E-state index in [9.17, 15) is 15.4 Å². The highest BCUT2D eigenvalue weighted by molar-refractivity contribution is 9.10. The highest BCUT2D eigenvalue weighted by Crippen LogP contribution is 2.36. The molecule has 0 fully saturated rings. The summed E-state index contributed by atoms with van der Waals surface area (Å²) in [6, 6.07) is 9.95. The molecule has 0 atom stereocenters. The minimum absolute atomic E-state index is 0.0284. The van der Waals surface area contributed by atoms with E-state index in [0.29, 0.717) is 22.4 Å². The molecule has 0 aliphatic heterocycles. The predicted molar refractivity (Wildman–Crippen MR) is 101 cm³/mol. The maximum atomic E-state index is 10.9. The van der Waals surface area contributed by atoms with Gasteiger partial charge in [0.2, 0.25) is 0 Å². The number of aliphatic hydroxyl groups is 1. The first-order valence-electron chi connectivity index (χ1n) is 7.77. The Kier molecular flexibility index (Phi) is 6.77. The average Bonchev–Trinajstić information content (AvgIpc) is 2.64. The number of nitrogens with zero attached hydrogens (tertiary/aromatic N) is 4. The summed E-state index contributed by atoms with van der Waals surface area (Å²) in [5.74, 6) is 0. The molecule has 8 nitrogen and oxygen atoms in total. The van der Waals surface area contributed by atoms with Gasteiger partial charge in [-0.15, -0.1) is 10.2 Å². The number of nitro benzene ring substituents is 1. The summed E-state index contributed by atoms with van der Waals surface area (Å²) in [6.07, 6.45) is 0.845. The molecule has 26 heavy (non-hydrogen) atoms. The standard InChI is InChI=1S/C17H16BrN5O3/c1-2-11-3-4-15(16(7-11)20-5-6-24)21-22-17-12(10-19)8-13(23(25)26)9-14(17)18/h3-4,7-9,20,24H,2,5-6H2,1H3. The molecule has 0 amide bonds. The molecule has 9 heteroatoms. The van der Waals surface area contributed by atoms with Crippen molar-refractivity contribution in [3.8, 4) is 6.07 Å². The Bertz CT molecular complexity index is 893. The molecule has 0 aliphatic carbocycles. The van der Waals surface area contributed by atoms with Crippen LogP contribution in [0.2, 0.25) is 0 Å². The van der Waals surface area contributed by atoms with Gasteiger partial charge in [-0.2, -0.15) is 5.26 Å². The van der Waals surface area contributed by atoms with Crippen LogP contribution in [0.25, 0.3) is 0 Å². The third kappa shape index (κ3) is 4.62.